The summed E-state index contributed by atoms with van der Waals surface area (Å²) in [5.74, 6) is -0.483. The second-order valence-electron chi connectivity index (χ2n) is 4.01. The number of carbonyl (C=O) groups excluding carboxylic acids is 1. The third-order valence-electron chi connectivity index (χ3n) is 2.80. The number of ether oxygens (including phenoxy) is 1. The number of benzene rings is 1. The number of aliphatic hydroxyl groups is 2. The van der Waals surface area contributed by atoms with Gasteiger partial charge in [0.15, 0.2) is 0 Å². The highest BCUT2D eigenvalue weighted by atomic mass is 35.5. The molecular weight excluding hydrogens is 244 g/mol. The van der Waals surface area contributed by atoms with Crippen molar-refractivity contribution in [2.45, 2.75) is 23.7 Å². The summed E-state index contributed by atoms with van der Waals surface area (Å²) >= 11 is 6.05. The summed E-state index contributed by atoms with van der Waals surface area (Å²) in [6.45, 7) is -0.270. The van der Waals surface area contributed by atoms with Crippen molar-refractivity contribution in [1.29, 1.82) is 0 Å². The first-order valence-electron chi connectivity index (χ1n) is 5.33. The molecule has 0 radical (unpaired) electrons. The minimum Gasteiger partial charge on any atom is -0.394 e. The molecule has 5 heteroatoms. The van der Waals surface area contributed by atoms with E-state index in [1.54, 1.807) is 30.3 Å². The lowest BCUT2D eigenvalue weighted by Crippen LogP contribution is -2.42. The Morgan fingerprint density at radius 3 is 2.65 bits per heavy atom. The van der Waals surface area contributed by atoms with Crippen LogP contribution in [0.2, 0.25) is 0 Å². The van der Waals surface area contributed by atoms with Gasteiger partial charge in [0.25, 0.3) is 0 Å². The van der Waals surface area contributed by atoms with Crippen LogP contribution in [0.3, 0.4) is 0 Å². The van der Waals surface area contributed by atoms with Gasteiger partial charge in [0, 0.05) is 12.0 Å². The molecule has 0 aliphatic carbocycles. The van der Waals surface area contributed by atoms with Gasteiger partial charge in [-0.15, -0.1) is 0 Å². The van der Waals surface area contributed by atoms with Gasteiger partial charge in [-0.1, -0.05) is 41.9 Å². The molecule has 1 fully saturated rings. The Kier molecular flexibility index (Phi) is 3.49. The molecule has 2 rings (SSSR count). The third-order valence-corrected chi connectivity index (χ3v) is 3.31. The van der Waals surface area contributed by atoms with E-state index in [1.165, 1.54) is 0 Å². The van der Waals surface area contributed by atoms with Crippen LogP contribution in [0.1, 0.15) is 16.8 Å². The lowest BCUT2D eigenvalue weighted by molar-refractivity contribution is -0.0229. The minimum absolute atomic E-state index is 0.151. The van der Waals surface area contributed by atoms with Crippen molar-refractivity contribution < 1.29 is 19.7 Å². The molecule has 0 saturated carbocycles. The first-order chi connectivity index (χ1) is 8.08. The molecule has 4 nitrogen and oxygen atoms in total. The fourth-order valence-corrected chi connectivity index (χ4v) is 2.20. The van der Waals surface area contributed by atoms with Gasteiger partial charge in [0.2, 0.25) is 10.8 Å². The molecule has 1 aliphatic heterocycles. The molecule has 0 aromatic heterocycles. The maximum absolute atomic E-state index is 12.1. The van der Waals surface area contributed by atoms with Crippen molar-refractivity contribution in [2.24, 2.45) is 0 Å². The molecule has 0 amide bonds. The van der Waals surface area contributed by atoms with Gasteiger partial charge in [-0.05, 0) is 0 Å². The summed E-state index contributed by atoms with van der Waals surface area (Å²) in [6, 6.07) is 8.40. The third kappa shape index (κ3) is 2.21. The van der Waals surface area contributed by atoms with Crippen molar-refractivity contribution in [3.63, 3.8) is 0 Å². The van der Waals surface area contributed by atoms with E-state index in [-0.39, 0.29) is 13.0 Å². The number of aliphatic hydroxyl groups excluding tert-OH is 2. The Labute approximate surface area is 104 Å². The molecule has 1 saturated heterocycles. The zero-order chi connectivity index (χ0) is 12.5. The van der Waals surface area contributed by atoms with E-state index in [0.717, 1.165) is 0 Å². The SMILES string of the molecule is O=C(c1ccccc1)[C@]1(Cl)O[C@H](CO)C[C@H]1O. The van der Waals surface area contributed by atoms with Gasteiger partial charge in [0.1, 0.15) is 6.10 Å². The number of ketones is 1. The molecule has 1 aromatic rings. The predicted molar refractivity (Wildman–Crippen MR) is 61.9 cm³/mol. The van der Waals surface area contributed by atoms with Crippen LogP contribution in [0, 0.1) is 0 Å². The first-order valence-corrected chi connectivity index (χ1v) is 5.71. The van der Waals surface area contributed by atoms with Crippen molar-refractivity contribution in [3.05, 3.63) is 35.9 Å². The van der Waals surface area contributed by atoms with E-state index in [2.05, 4.69) is 0 Å². The van der Waals surface area contributed by atoms with Gasteiger partial charge in [0.05, 0.1) is 12.7 Å². The number of halogens is 1. The molecule has 17 heavy (non-hydrogen) atoms. The van der Waals surface area contributed by atoms with Gasteiger partial charge >= 0.3 is 0 Å². The van der Waals surface area contributed by atoms with Crippen molar-refractivity contribution >= 4 is 17.4 Å². The Morgan fingerprint density at radius 2 is 2.12 bits per heavy atom. The van der Waals surface area contributed by atoms with Crippen LogP contribution in [0.15, 0.2) is 30.3 Å². The fraction of sp³-hybridized carbons (Fsp3) is 0.417. The van der Waals surface area contributed by atoms with Crippen molar-refractivity contribution in [1.82, 2.24) is 0 Å². The first kappa shape index (κ1) is 12.5. The molecule has 0 spiro atoms. The molecule has 0 unspecified atom stereocenters. The van der Waals surface area contributed by atoms with E-state index >= 15 is 0 Å². The number of hydrogen-bond donors (Lipinski definition) is 2. The summed E-state index contributed by atoms with van der Waals surface area (Å²) in [5.41, 5.74) is 0.375. The highest BCUT2D eigenvalue weighted by molar-refractivity contribution is 6.37. The monoisotopic (exact) mass is 256 g/mol. The lowest BCUT2D eigenvalue weighted by Gasteiger charge is -2.23. The molecule has 2 N–H and O–H groups in total. The van der Waals surface area contributed by atoms with E-state index in [4.69, 9.17) is 21.4 Å². The number of alkyl halides is 1. The van der Waals surface area contributed by atoms with Gasteiger partial charge in [-0.25, -0.2) is 0 Å². The van der Waals surface area contributed by atoms with E-state index in [0.29, 0.717) is 5.56 Å². The molecule has 1 aliphatic rings. The quantitative estimate of drug-likeness (QED) is 0.624. The fourth-order valence-electron chi connectivity index (χ4n) is 1.87. The highest BCUT2D eigenvalue weighted by Crippen LogP contribution is 2.37. The average Bonchev–Trinajstić information content (AvgIpc) is 2.66. The zero-order valence-electron chi connectivity index (χ0n) is 9.04. The van der Waals surface area contributed by atoms with Gasteiger partial charge in [-0.3, -0.25) is 4.79 Å². The summed E-state index contributed by atoms with van der Waals surface area (Å²) in [6.07, 6.45) is -1.57. The summed E-state index contributed by atoms with van der Waals surface area (Å²) < 4.78 is 5.24. The van der Waals surface area contributed by atoms with Crippen LogP contribution in [0.4, 0.5) is 0 Å². The molecular formula is C12H13ClO4. The Bertz CT molecular complexity index is 408. The largest absolute Gasteiger partial charge is 0.394 e. The normalized spacial score (nSPS) is 32.6. The molecule has 0 bridgehead atoms. The summed E-state index contributed by atoms with van der Waals surface area (Å²) in [4.78, 5) is 12.1. The maximum atomic E-state index is 12.1. The van der Waals surface area contributed by atoms with Crippen LogP contribution in [-0.4, -0.2) is 39.9 Å². The average molecular weight is 257 g/mol. The Hall–Kier alpha value is -0.940. The van der Waals surface area contributed by atoms with Gasteiger partial charge < -0.3 is 14.9 Å². The molecule has 1 heterocycles. The van der Waals surface area contributed by atoms with Crippen molar-refractivity contribution in [2.75, 3.05) is 6.61 Å². The van der Waals surface area contributed by atoms with Crippen LogP contribution >= 0.6 is 11.6 Å². The zero-order valence-corrected chi connectivity index (χ0v) is 9.80. The predicted octanol–water partition coefficient (Wildman–Crippen LogP) is 0.946. The number of rotatable bonds is 3. The number of carbonyl (C=O) groups is 1. The second kappa shape index (κ2) is 4.74. The van der Waals surface area contributed by atoms with E-state index < -0.39 is 23.1 Å². The lowest BCUT2D eigenvalue weighted by atomic mass is 10.0. The van der Waals surface area contributed by atoms with Crippen LogP contribution in [-0.2, 0) is 4.74 Å². The molecule has 3 atom stereocenters. The maximum Gasteiger partial charge on any atom is 0.231 e. The summed E-state index contributed by atoms with van der Waals surface area (Å²) in [5, 5.41) is 17.0. The second-order valence-corrected chi connectivity index (χ2v) is 4.58. The van der Waals surface area contributed by atoms with Crippen LogP contribution in [0.25, 0.3) is 0 Å². The van der Waals surface area contributed by atoms with E-state index in [9.17, 15) is 9.90 Å². The Balaban J connectivity index is 2.25. The van der Waals surface area contributed by atoms with Crippen LogP contribution in [0.5, 0.6) is 0 Å². The van der Waals surface area contributed by atoms with Crippen LogP contribution < -0.4 is 0 Å². The molecule has 92 valence electrons. The topological polar surface area (TPSA) is 66.8 Å². The van der Waals surface area contributed by atoms with E-state index in [1.807, 2.05) is 0 Å². The standard InChI is InChI=1S/C12H13ClO4/c13-12(10(15)6-9(7-14)17-12)11(16)8-4-2-1-3-5-8/h1-5,9-10,14-15H,6-7H2/t9-,10+,12+/m0/s1. The minimum atomic E-state index is -1.78. The van der Waals surface area contributed by atoms with Gasteiger partial charge in [-0.2, -0.15) is 0 Å². The smallest absolute Gasteiger partial charge is 0.231 e. The summed E-state index contributed by atoms with van der Waals surface area (Å²) in [7, 11) is 0. The van der Waals surface area contributed by atoms with Crippen molar-refractivity contribution in [3.8, 4) is 0 Å². The Morgan fingerprint density at radius 1 is 1.47 bits per heavy atom. The highest BCUT2D eigenvalue weighted by Gasteiger charge is 2.52. The molecule has 1 aromatic carbocycles. The number of Topliss-reactive ketones (excluding diaryl/α,β-unsaturated/α-hetero) is 1. The number of hydrogen-bond acceptors (Lipinski definition) is 4.